The lowest BCUT2D eigenvalue weighted by Gasteiger charge is -2.17. The predicted molar refractivity (Wildman–Crippen MR) is 66.0 cm³/mol. The molecule has 0 saturated heterocycles. The third kappa shape index (κ3) is 3.74. The first kappa shape index (κ1) is 13.5. The minimum Gasteiger partial charge on any atom is -0.480 e. The van der Waals surface area contributed by atoms with Crippen molar-refractivity contribution in [3.8, 4) is 0 Å². The molecule has 1 rings (SSSR count). The molecule has 1 atom stereocenters. The van der Waals surface area contributed by atoms with Crippen LogP contribution in [0.2, 0.25) is 5.02 Å². The number of nitrogens with two attached hydrogens (primary N) is 1. The Labute approximate surface area is 104 Å². The number of nitrogens with one attached hydrogen (secondary N) is 1. The fourth-order valence-corrected chi connectivity index (χ4v) is 1.49. The molecule has 0 bridgehead atoms. The van der Waals surface area contributed by atoms with E-state index in [0.717, 1.165) is 0 Å². The molecule has 0 aromatic carbocycles. The molecule has 94 valence electrons. The second kappa shape index (κ2) is 5.67. The Morgan fingerprint density at radius 1 is 1.59 bits per heavy atom. The lowest BCUT2D eigenvalue weighted by Crippen LogP contribution is -2.31. The van der Waals surface area contributed by atoms with E-state index >= 15 is 0 Å². The Morgan fingerprint density at radius 2 is 2.24 bits per heavy atom. The summed E-state index contributed by atoms with van der Waals surface area (Å²) in [7, 11) is 0. The van der Waals surface area contributed by atoms with Gasteiger partial charge in [0.05, 0.1) is 0 Å². The first-order chi connectivity index (χ1) is 7.91. The van der Waals surface area contributed by atoms with Crippen molar-refractivity contribution >= 4 is 29.2 Å². The Morgan fingerprint density at radius 3 is 2.76 bits per heavy atom. The van der Waals surface area contributed by atoms with E-state index in [1.54, 1.807) is 0 Å². The minimum atomic E-state index is -0.952. The number of nitrogens with zero attached hydrogens (tertiary/aromatic N) is 2. The Hall–Kier alpha value is -1.56. The Bertz CT molecular complexity index is 411. The Balaban J connectivity index is 2.86. The highest BCUT2D eigenvalue weighted by atomic mass is 35.5. The molecular weight excluding hydrogens is 244 g/mol. The largest absolute Gasteiger partial charge is 0.480 e. The van der Waals surface area contributed by atoms with Gasteiger partial charge in [0.1, 0.15) is 23.2 Å². The number of anilines is 2. The number of hydrogen-bond acceptors (Lipinski definition) is 5. The van der Waals surface area contributed by atoms with Gasteiger partial charge >= 0.3 is 5.97 Å². The van der Waals surface area contributed by atoms with Gasteiger partial charge in [0, 0.05) is 0 Å². The number of nitrogen functional groups attached to an aromatic ring is 1. The molecule has 0 radical (unpaired) electrons. The lowest BCUT2D eigenvalue weighted by molar-refractivity contribution is -0.138. The van der Waals surface area contributed by atoms with Crippen LogP contribution < -0.4 is 11.1 Å². The summed E-state index contributed by atoms with van der Waals surface area (Å²) in [6.45, 7) is 3.88. The molecule has 7 heteroatoms. The van der Waals surface area contributed by atoms with Crippen molar-refractivity contribution in [3.05, 3.63) is 11.3 Å². The van der Waals surface area contributed by atoms with Gasteiger partial charge in [0.2, 0.25) is 0 Å². The van der Waals surface area contributed by atoms with Crippen molar-refractivity contribution in [1.82, 2.24) is 9.97 Å². The van der Waals surface area contributed by atoms with E-state index in [1.807, 2.05) is 13.8 Å². The molecule has 0 fully saturated rings. The summed E-state index contributed by atoms with van der Waals surface area (Å²) in [6, 6.07) is -0.748. The fraction of sp³-hybridized carbons (Fsp3) is 0.500. The maximum Gasteiger partial charge on any atom is 0.326 e. The van der Waals surface area contributed by atoms with E-state index < -0.39 is 12.0 Å². The smallest absolute Gasteiger partial charge is 0.326 e. The van der Waals surface area contributed by atoms with Gasteiger partial charge in [-0.2, -0.15) is 0 Å². The van der Waals surface area contributed by atoms with Crippen molar-refractivity contribution in [3.63, 3.8) is 0 Å². The molecule has 0 spiro atoms. The molecule has 0 aliphatic rings. The van der Waals surface area contributed by atoms with Crippen LogP contribution in [0.25, 0.3) is 0 Å². The van der Waals surface area contributed by atoms with Gasteiger partial charge in [-0.25, -0.2) is 14.8 Å². The van der Waals surface area contributed by atoms with Crippen LogP contribution in [0.15, 0.2) is 6.33 Å². The average Bonchev–Trinajstić information content (AvgIpc) is 2.22. The number of carboxylic acid groups (broad SMARTS) is 1. The molecule has 0 saturated carbocycles. The van der Waals surface area contributed by atoms with Gasteiger partial charge in [-0.15, -0.1) is 0 Å². The van der Waals surface area contributed by atoms with Crippen molar-refractivity contribution < 1.29 is 9.90 Å². The summed E-state index contributed by atoms with van der Waals surface area (Å²) in [6.07, 6.45) is 1.70. The third-order valence-electron chi connectivity index (χ3n) is 2.13. The molecule has 0 aliphatic heterocycles. The second-order valence-electron chi connectivity index (χ2n) is 4.09. The van der Waals surface area contributed by atoms with Crippen LogP contribution in [0.4, 0.5) is 11.6 Å². The molecule has 4 N–H and O–H groups in total. The summed E-state index contributed by atoms with van der Waals surface area (Å²) in [5, 5.41) is 12.0. The van der Waals surface area contributed by atoms with Gasteiger partial charge < -0.3 is 16.2 Å². The number of carbonyl (C=O) groups is 1. The van der Waals surface area contributed by atoms with E-state index in [2.05, 4.69) is 15.3 Å². The van der Waals surface area contributed by atoms with Crippen LogP contribution in [-0.4, -0.2) is 27.1 Å². The zero-order valence-electron chi connectivity index (χ0n) is 9.64. The third-order valence-corrected chi connectivity index (χ3v) is 2.51. The quantitative estimate of drug-likeness (QED) is 0.742. The summed E-state index contributed by atoms with van der Waals surface area (Å²) in [5.74, 6) is -0.349. The SMILES string of the molecule is CC(C)C[C@@H](Nc1ncnc(N)c1Cl)C(=O)O. The zero-order valence-corrected chi connectivity index (χ0v) is 10.4. The van der Waals surface area contributed by atoms with Crippen molar-refractivity contribution in [2.24, 2.45) is 5.92 Å². The monoisotopic (exact) mass is 258 g/mol. The normalized spacial score (nSPS) is 12.5. The summed E-state index contributed by atoms with van der Waals surface area (Å²) in [4.78, 5) is 18.6. The molecule has 0 aliphatic carbocycles. The first-order valence-electron chi connectivity index (χ1n) is 5.17. The van der Waals surface area contributed by atoms with Gasteiger partial charge in [-0.05, 0) is 12.3 Å². The van der Waals surface area contributed by atoms with Gasteiger partial charge in [0.25, 0.3) is 0 Å². The summed E-state index contributed by atoms with van der Waals surface area (Å²) < 4.78 is 0. The van der Waals surface area contributed by atoms with E-state index in [4.69, 9.17) is 22.4 Å². The maximum absolute atomic E-state index is 11.1. The molecule has 6 nitrogen and oxygen atoms in total. The van der Waals surface area contributed by atoms with Gasteiger partial charge in [0.15, 0.2) is 5.82 Å². The molecule has 1 heterocycles. The molecule has 0 amide bonds. The van der Waals surface area contributed by atoms with Crippen molar-refractivity contribution in [2.45, 2.75) is 26.3 Å². The predicted octanol–water partition coefficient (Wildman–Crippen LogP) is 1.62. The minimum absolute atomic E-state index is 0.123. The lowest BCUT2D eigenvalue weighted by atomic mass is 10.0. The molecule has 1 aromatic rings. The highest BCUT2D eigenvalue weighted by Gasteiger charge is 2.20. The standard InChI is InChI=1S/C10H15ClN4O2/c1-5(2)3-6(10(16)17)15-9-7(11)8(12)13-4-14-9/h4-6H,3H2,1-2H3,(H,16,17)(H3,12,13,14,15)/t6-/m1/s1. The summed E-state index contributed by atoms with van der Waals surface area (Å²) in [5.41, 5.74) is 5.50. The molecule has 17 heavy (non-hydrogen) atoms. The van der Waals surface area contributed by atoms with Crippen molar-refractivity contribution in [2.75, 3.05) is 11.1 Å². The van der Waals surface area contributed by atoms with Crippen LogP contribution in [0, 0.1) is 5.92 Å². The average molecular weight is 259 g/mol. The number of hydrogen-bond donors (Lipinski definition) is 3. The Kier molecular flexibility index (Phi) is 4.51. The first-order valence-corrected chi connectivity index (χ1v) is 5.55. The number of rotatable bonds is 5. The number of aliphatic carboxylic acids is 1. The second-order valence-corrected chi connectivity index (χ2v) is 4.46. The molecular formula is C10H15ClN4O2. The van der Waals surface area contributed by atoms with Crippen LogP contribution in [0.5, 0.6) is 0 Å². The van der Waals surface area contributed by atoms with E-state index in [0.29, 0.717) is 6.42 Å². The molecule has 1 aromatic heterocycles. The number of halogens is 1. The van der Waals surface area contributed by atoms with Crippen LogP contribution >= 0.6 is 11.6 Å². The van der Waals surface area contributed by atoms with Crippen LogP contribution in [0.1, 0.15) is 20.3 Å². The number of carboxylic acids is 1. The van der Waals surface area contributed by atoms with Gasteiger partial charge in [-0.1, -0.05) is 25.4 Å². The van der Waals surface area contributed by atoms with Crippen molar-refractivity contribution in [1.29, 1.82) is 0 Å². The highest BCUT2D eigenvalue weighted by molar-refractivity contribution is 6.35. The highest BCUT2D eigenvalue weighted by Crippen LogP contribution is 2.24. The van der Waals surface area contributed by atoms with E-state index in [-0.39, 0.29) is 22.6 Å². The van der Waals surface area contributed by atoms with Crippen LogP contribution in [-0.2, 0) is 4.79 Å². The van der Waals surface area contributed by atoms with Crippen LogP contribution in [0.3, 0.4) is 0 Å². The summed E-state index contributed by atoms with van der Waals surface area (Å²) >= 11 is 5.87. The van der Waals surface area contributed by atoms with E-state index in [9.17, 15) is 4.79 Å². The number of aromatic nitrogens is 2. The zero-order chi connectivity index (χ0) is 13.0. The fourth-order valence-electron chi connectivity index (χ4n) is 1.34. The van der Waals surface area contributed by atoms with Gasteiger partial charge in [-0.3, -0.25) is 0 Å². The maximum atomic E-state index is 11.1. The van der Waals surface area contributed by atoms with E-state index in [1.165, 1.54) is 6.33 Å². The topological polar surface area (TPSA) is 101 Å². The molecule has 0 unspecified atom stereocenters.